The molecule has 1 aliphatic carbocycles. The SMILES string of the molecule is C1CCC2(CC1)CCC[N+]21CCCCC1. The van der Waals surface area contributed by atoms with Gasteiger partial charge in [0.2, 0.25) is 0 Å². The van der Waals surface area contributed by atoms with Crippen LogP contribution >= 0.6 is 0 Å². The van der Waals surface area contributed by atoms with E-state index in [-0.39, 0.29) is 0 Å². The lowest BCUT2D eigenvalue weighted by atomic mass is 9.77. The Morgan fingerprint density at radius 2 is 1.07 bits per heavy atom. The smallest absolute Gasteiger partial charge is 0.0994 e. The molecule has 0 amide bonds. The molecule has 0 aromatic heterocycles. The van der Waals surface area contributed by atoms with Crippen LogP contribution in [0.25, 0.3) is 0 Å². The lowest BCUT2D eigenvalue weighted by Crippen LogP contribution is -2.63. The maximum absolute atomic E-state index is 1.56. The van der Waals surface area contributed by atoms with Crippen LogP contribution in [0.5, 0.6) is 0 Å². The van der Waals surface area contributed by atoms with Gasteiger partial charge in [-0.1, -0.05) is 6.42 Å². The maximum atomic E-state index is 1.56. The van der Waals surface area contributed by atoms with Gasteiger partial charge in [0.25, 0.3) is 0 Å². The third-order valence-corrected chi connectivity index (χ3v) is 5.69. The Bertz CT molecular complexity index is 197. The summed E-state index contributed by atoms with van der Waals surface area (Å²) >= 11 is 0. The second-order valence-corrected chi connectivity index (χ2v) is 6.27. The predicted octanol–water partition coefficient (Wildman–Crippen LogP) is 3.48. The second-order valence-electron chi connectivity index (χ2n) is 6.27. The van der Waals surface area contributed by atoms with Gasteiger partial charge < -0.3 is 4.48 Å². The molecular weight excluding hydrogens is 182 g/mol. The fraction of sp³-hybridized carbons (Fsp3) is 1.00. The fourth-order valence-corrected chi connectivity index (χ4v) is 4.93. The van der Waals surface area contributed by atoms with Crippen molar-refractivity contribution in [3.8, 4) is 0 Å². The van der Waals surface area contributed by atoms with E-state index in [1.807, 2.05) is 0 Å². The molecule has 86 valence electrons. The molecule has 1 heteroatoms. The van der Waals surface area contributed by atoms with Crippen LogP contribution in [0.4, 0.5) is 0 Å². The van der Waals surface area contributed by atoms with Crippen molar-refractivity contribution in [3.63, 3.8) is 0 Å². The Labute approximate surface area is 94.4 Å². The molecule has 15 heavy (non-hydrogen) atoms. The molecule has 3 fully saturated rings. The first kappa shape index (κ1) is 10.1. The Morgan fingerprint density at radius 1 is 0.533 bits per heavy atom. The molecule has 0 radical (unpaired) electrons. The van der Waals surface area contributed by atoms with E-state index < -0.39 is 0 Å². The van der Waals surface area contributed by atoms with E-state index in [9.17, 15) is 0 Å². The van der Waals surface area contributed by atoms with Crippen molar-refractivity contribution in [1.82, 2.24) is 0 Å². The van der Waals surface area contributed by atoms with Gasteiger partial charge in [0.05, 0.1) is 25.2 Å². The van der Waals surface area contributed by atoms with Gasteiger partial charge >= 0.3 is 0 Å². The van der Waals surface area contributed by atoms with Crippen LogP contribution in [-0.2, 0) is 0 Å². The molecule has 2 heterocycles. The maximum Gasteiger partial charge on any atom is 0.0994 e. The summed E-state index contributed by atoms with van der Waals surface area (Å²) in [5, 5.41) is 0. The standard InChI is InChI=1S/C14H26N/c1-3-8-14(9-4-1)10-7-13-15(14)11-5-2-6-12-15/h1-13H2/q+1. The molecule has 1 saturated carbocycles. The Hall–Kier alpha value is -0.0400. The average molecular weight is 208 g/mol. The number of quaternary nitrogens is 1. The molecule has 0 aromatic rings. The molecule has 1 nitrogen and oxygen atoms in total. The normalized spacial score (nSPS) is 33.6. The summed E-state index contributed by atoms with van der Waals surface area (Å²) < 4.78 is 1.56. The van der Waals surface area contributed by atoms with Crippen LogP contribution in [0.15, 0.2) is 0 Å². The number of hydrogen-bond donors (Lipinski definition) is 0. The van der Waals surface area contributed by atoms with Crippen molar-refractivity contribution in [1.29, 1.82) is 0 Å². The second kappa shape index (κ2) is 3.76. The van der Waals surface area contributed by atoms with Gasteiger partial charge in [-0.05, 0) is 32.1 Å². The summed E-state index contributed by atoms with van der Waals surface area (Å²) in [6.45, 7) is 4.58. The van der Waals surface area contributed by atoms with E-state index in [1.54, 1.807) is 23.7 Å². The average Bonchev–Trinajstić information content (AvgIpc) is 2.60. The highest BCUT2D eigenvalue weighted by molar-refractivity contribution is 4.90. The monoisotopic (exact) mass is 208 g/mol. The first-order chi connectivity index (χ1) is 7.37. The van der Waals surface area contributed by atoms with Gasteiger partial charge in [0, 0.05) is 25.7 Å². The van der Waals surface area contributed by atoms with Crippen LogP contribution in [0.2, 0.25) is 0 Å². The number of fused-ring (bicyclic) bond motifs is 1. The van der Waals surface area contributed by atoms with Crippen LogP contribution in [0.1, 0.15) is 64.2 Å². The number of nitrogens with zero attached hydrogens (tertiary/aromatic N) is 1. The summed E-state index contributed by atoms with van der Waals surface area (Å²) in [5.41, 5.74) is 0.776. The van der Waals surface area contributed by atoms with Crippen molar-refractivity contribution in [3.05, 3.63) is 0 Å². The van der Waals surface area contributed by atoms with Crippen molar-refractivity contribution in [2.75, 3.05) is 19.6 Å². The van der Waals surface area contributed by atoms with Crippen molar-refractivity contribution >= 4 is 0 Å². The molecule has 3 rings (SSSR count). The molecule has 0 bridgehead atoms. The lowest BCUT2D eigenvalue weighted by molar-refractivity contribution is -0.969. The molecule has 2 aliphatic heterocycles. The van der Waals surface area contributed by atoms with Crippen LogP contribution < -0.4 is 0 Å². The van der Waals surface area contributed by atoms with Crippen molar-refractivity contribution in [2.45, 2.75) is 69.7 Å². The Kier molecular flexibility index (Phi) is 2.54. The minimum Gasteiger partial charge on any atom is -0.319 e. The summed E-state index contributed by atoms with van der Waals surface area (Å²) in [6.07, 6.45) is 15.3. The summed E-state index contributed by atoms with van der Waals surface area (Å²) in [7, 11) is 0. The number of hydrogen-bond acceptors (Lipinski definition) is 0. The molecule has 2 saturated heterocycles. The molecule has 3 aliphatic rings. The third kappa shape index (κ3) is 1.46. The van der Waals surface area contributed by atoms with E-state index in [2.05, 4.69) is 0 Å². The highest BCUT2D eigenvalue weighted by atomic mass is 15.4. The number of rotatable bonds is 0. The van der Waals surface area contributed by atoms with Crippen molar-refractivity contribution < 1.29 is 4.48 Å². The van der Waals surface area contributed by atoms with E-state index in [0.29, 0.717) is 0 Å². The first-order valence-corrected chi connectivity index (χ1v) is 7.23. The molecule has 0 unspecified atom stereocenters. The molecular formula is C14H26N+. The van der Waals surface area contributed by atoms with Gasteiger partial charge in [-0.2, -0.15) is 0 Å². The van der Waals surface area contributed by atoms with E-state index in [1.165, 1.54) is 64.6 Å². The summed E-state index contributed by atoms with van der Waals surface area (Å²) in [6, 6.07) is 0. The lowest BCUT2D eigenvalue weighted by Gasteiger charge is -2.53. The van der Waals surface area contributed by atoms with Gasteiger partial charge in [-0.25, -0.2) is 0 Å². The van der Waals surface area contributed by atoms with Crippen molar-refractivity contribution in [2.24, 2.45) is 0 Å². The highest BCUT2D eigenvalue weighted by Crippen LogP contribution is 2.48. The Morgan fingerprint density at radius 3 is 1.80 bits per heavy atom. The summed E-state index contributed by atoms with van der Waals surface area (Å²) in [5.74, 6) is 0. The van der Waals surface area contributed by atoms with Gasteiger partial charge in [0.15, 0.2) is 0 Å². The summed E-state index contributed by atoms with van der Waals surface area (Å²) in [4.78, 5) is 0. The largest absolute Gasteiger partial charge is 0.319 e. The fourth-order valence-electron chi connectivity index (χ4n) is 4.93. The van der Waals surface area contributed by atoms with E-state index >= 15 is 0 Å². The predicted molar refractivity (Wildman–Crippen MR) is 63.8 cm³/mol. The topological polar surface area (TPSA) is 0 Å². The molecule has 0 N–H and O–H groups in total. The quantitative estimate of drug-likeness (QED) is 0.535. The van der Waals surface area contributed by atoms with Gasteiger partial charge in [-0.3, -0.25) is 0 Å². The van der Waals surface area contributed by atoms with Gasteiger partial charge in [-0.15, -0.1) is 0 Å². The van der Waals surface area contributed by atoms with Crippen LogP contribution in [0, 0.1) is 0 Å². The number of piperidine rings is 1. The third-order valence-electron chi connectivity index (χ3n) is 5.69. The van der Waals surface area contributed by atoms with E-state index in [4.69, 9.17) is 0 Å². The van der Waals surface area contributed by atoms with E-state index in [0.717, 1.165) is 5.54 Å². The minimum atomic E-state index is 0.776. The molecule has 0 atom stereocenters. The zero-order valence-electron chi connectivity index (χ0n) is 10.1. The molecule has 0 aromatic carbocycles. The molecule has 2 spiro atoms. The zero-order valence-corrected chi connectivity index (χ0v) is 10.1. The first-order valence-electron chi connectivity index (χ1n) is 7.23. The Balaban J connectivity index is 1.85. The minimum absolute atomic E-state index is 0.776. The van der Waals surface area contributed by atoms with Gasteiger partial charge in [0.1, 0.15) is 0 Å². The zero-order chi connectivity index (χ0) is 10.2. The van der Waals surface area contributed by atoms with Crippen LogP contribution in [0.3, 0.4) is 0 Å². The van der Waals surface area contributed by atoms with Crippen LogP contribution in [-0.4, -0.2) is 29.7 Å². The highest BCUT2D eigenvalue weighted by Gasteiger charge is 2.54.